The van der Waals surface area contributed by atoms with Gasteiger partial charge in [-0.3, -0.25) is 19.4 Å². The highest BCUT2D eigenvalue weighted by molar-refractivity contribution is 6.25. The number of methoxy groups -OCH3 is 2. The zero-order chi connectivity index (χ0) is 31.9. The first kappa shape index (κ1) is 29.3. The molecule has 4 atom stereocenters. The summed E-state index contributed by atoms with van der Waals surface area (Å²) in [5.74, 6) is -0.797. The number of anilines is 1. The first-order valence-electron chi connectivity index (χ1n) is 15.1. The number of nitrogens with zero attached hydrogens (tertiary/aromatic N) is 6. The van der Waals surface area contributed by atoms with E-state index >= 15 is 0 Å². The number of ether oxygens (including phenoxy) is 2. The van der Waals surface area contributed by atoms with E-state index in [4.69, 9.17) is 14.6 Å². The lowest BCUT2D eigenvalue weighted by atomic mass is 9.77. The molecule has 0 spiro atoms. The summed E-state index contributed by atoms with van der Waals surface area (Å²) >= 11 is 0. The Morgan fingerprint density at radius 2 is 1.67 bits per heavy atom. The molecule has 1 saturated heterocycles. The van der Waals surface area contributed by atoms with Gasteiger partial charge in [-0.15, -0.1) is 0 Å². The lowest BCUT2D eigenvalue weighted by molar-refractivity contribution is -0.136. The molecule has 0 radical (unpaired) electrons. The van der Waals surface area contributed by atoms with Gasteiger partial charge in [-0.1, -0.05) is 35.6 Å². The average Bonchev–Trinajstić information content (AvgIpc) is 3.74. The second kappa shape index (κ2) is 11.8. The zero-order valence-corrected chi connectivity index (χ0v) is 25.2. The lowest BCUT2D eigenvalue weighted by Gasteiger charge is -2.30. The van der Waals surface area contributed by atoms with Crippen LogP contribution in [0.25, 0.3) is 6.08 Å². The molecular formula is C34H31FN6O5. The van der Waals surface area contributed by atoms with E-state index < -0.39 is 41.7 Å². The van der Waals surface area contributed by atoms with Crippen LogP contribution in [0.4, 0.5) is 10.1 Å². The van der Waals surface area contributed by atoms with Crippen molar-refractivity contribution in [3.05, 3.63) is 95.3 Å². The Morgan fingerprint density at radius 1 is 0.957 bits per heavy atom. The zero-order valence-electron chi connectivity index (χ0n) is 25.2. The van der Waals surface area contributed by atoms with Crippen LogP contribution >= 0.6 is 0 Å². The normalized spacial score (nSPS) is 24.4. The van der Waals surface area contributed by atoms with Gasteiger partial charge in [-0.25, -0.2) is 14.3 Å². The van der Waals surface area contributed by atoms with E-state index in [1.807, 2.05) is 48.5 Å². The fourth-order valence-electron chi connectivity index (χ4n) is 6.68. The topological polar surface area (TPSA) is 116 Å². The Balaban J connectivity index is 1.19. The fourth-order valence-corrected chi connectivity index (χ4v) is 6.68. The third-order valence-electron chi connectivity index (χ3n) is 8.89. The van der Waals surface area contributed by atoms with E-state index in [9.17, 15) is 18.8 Å². The monoisotopic (exact) mass is 622 g/mol. The molecule has 11 nitrogen and oxygen atoms in total. The first-order chi connectivity index (χ1) is 22.4. The molecule has 0 bridgehead atoms. The van der Waals surface area contributed by atoms with Crippen molar-refractivity contribution in [1.29, 1.82) is 0 Å². The van der Waals surface area contributed by atoms with Gasteiger partial charge in [0.15, 0.2) is 12.1 Å². The molecule has 234 valence electrons. The Bertz CT molecular complexity index is 1790. The molecule has 1 saturated carbocycles. The summed E-state index contributed by atoms with van der Waals surface area (Å²) < 4.78 is 24.6. The van der Waals surface area contributed by atoms with Gasteiger partial charge >= 0.3 is 0 Å². The smallest absolute Gasteiger partial charge is 0.264 e. The number of amides is 3. The van der Waals surface area contributed by atoms with Crippen LogP contribution in [0.2, 0.25) is 0 Å². The molecule has 2 fully saturated rings. The van der Waals surface area contributed by atoms with Crippen molar-refractivity contribution < 1.29 is 28.2 Å². The van der Waals surface area contributed by atoms with Gasteiger partial charge in [0.2, 0.25) is 0 Å². The van der Waals surface area contributed by atoms with Gasteiger partial charge in [-0.2, -0.15) is 10.2 Å². The van der Waals surface area contributed by atoms with Crippen LogP contribution in [0.3, 0.4) is 0 Å². The van der Waals surface area contributed by atoms with Crippen LogP contribution in [0.5, 0.6) is 11.5 Å². The van der Waals surface area contributed by atoms with Crippen LogP contribution in [0.1, 0.15) is 36.4 Å². The summed E-state index contributed by atoms with van der Waals surface area (Å²) in [6.07, 6.45) is 4.68. The van der Waals surface area contributed by atoms with Crippen molar-refractivity contribution in [1.82, 2.24) is 10.0 Å². The van der Waals surface area contributed by atoms with Crippen molar-refractivity contribution in [2.24, 2.45) is 21.4 Å². The van der Waals surface area contributed by atoms with E-state index in [-0.39, 0.29) is 18.2 Å². The highest BCUT2D eigenvalue weighted by atomic mass is 19.1. The second-order valence-corrected chi connectivity index (χ2v) is 11.6. The van der Waals surface area contributed by atoms with E-state index in [1.54, 1.807) is 14.2 Å². The number of hydrogen-bond donors (Lipinski definition) is 0. The minimum absolute atomic E-state index is 0.0540. The van der Waals surface area contributed by atoms with Gasteiger partial charge in [0.25, 0.3) is 17.7 Å². The third kappa shape index (κ3) is 5.09. The number of allylic oxidation sites excluding steroid dienone is 1. The molecule has 3 amide bonds. The molecule has 46 heavy (non-hydrogen) atoms. The fraction of sp³-hybridized carbons (Fsp3) is 0.294. The number of fused-ring (bicyclic) bond motifs is 2. The summed E-state index contributed by atoms with van der Waals surface area (Å²) in [6.45, 7) is -0.325. The van der Waals surface area contributed by atoms with Gasteiger partial charge < -0.3 is 9.47 Å². The third-order valence-corrected chi connectivity index (χ3v) is 8.89. The number of benzene rings is 3. The molecular weight excluding hydrogens is 591 g/mol. The van der Waals surface area contributed by atoms with Crippen molar-refractivity contribution in [3.8, 4) is 11.5 Å². The number of imide groups is 1. The maximum absolute atomic E-state index is 14.1. The van der Waals surface area contributed by atoms with Gasteiger partial charge in [0.05, 0.1) is 31.7 Å². The van der Waals surface area contributed by atoms with Gasteiger partial charge in [0.1, 0.15) is 23.9 Å². The number of hydrazone groups is 1. The molecule has 0 N–H and O–H groups in total. The van der Waals surface area contributed by atoms with Crippen molar-refractivity contribution in [2.75, 3.05) is 25.7 Å². The average molecular weight is 623 g/mol. The number of carbonyl (C=O) groups excluding carboxylic acids is 3. The molecule has 3 aromatic rings. The van der Waals surface area contributed by atoms with Crippen molar-refractivity contribution in [2.45, 2.75) is 37.4 Å². The summed E-state index contributed by atoms with van der Waals surface area (Å²) in [5.41, 5.74) is 3.91. The number of rotatable bonds is 7. The van der Waals surface area contributed by atoms with Crippen LogP contribution < -0.4 is 14.4 Å². The lowest BCUT2D eigenvalue weighted by Crippen LogP contribution is -2.45. The summed E-state index contributed by atoms with van der Waals surface area (Å²) in [6, 6.07) is 18.0. The Hall–Kier alpha value is -5.39. The molecule has 7 rings (SSSR count). The van der Waals surface area contributed by atoms with Crippen LogP contribution in [0, 0.1) is 11.7 Å². The highest BCUT2D eigenvalue weighted by Crippen LogP contribution is 2.45. The highest BCUT2D eigenvalue weighted by Gasteiger charge is 2.55. The minimum atomic E-state index is -1.12. The van der Waals surface area contributed by atoms with Gasteiger partial charge in [0, 0.05) is 5.92 Å². The van der Waals surface area contributed by atoms with Crippen LogP contribution in [0.15, 0.2) is 93.8 Å². The molecule has 0 aromatic heterocycles. The summed E-state index contributed by atoms with van der Waals surface area (Å²) in [5, 5.41) is 15.8. The van der Waals surface area contributed by atoms with Crippen molar-refractivity contribution in [3.63, 3.8) is 0 Å². The standard InChI is InChI=1S/C34H31FN6O5/c1-45-25-13-9-20(10-14-25)17-22-5-3-8-27-29(22)37-41(31(27)21-11-15-26(46-2)16-12-21)28(42)19-39-32-30(36-38-39)33(43)40(34(32)44)24-7-4-6-23(35)18-24/h4,6-7,9-18,27,30-32H,3,5,8,19H2,1-2H3/b22-17-. The first-order valence-corrected chi connectivity index (χ1v) is 15.1. The molecule has 1 aliphatic carbocycles. The maximum Gasteiger partial charge on any atom is 0.264 e. The number of hydrogen-bond acceptors (Lipinski definition) is 9. The quantitative estimate of drug-likeness (QED) is 0.344. The molecule has 12 heteroatoms. The predicted molar refractivity (Wildman–Crippen MR) is 166 cm³/mol. The molecule has 3 aliphatic heterocycles. The predicted octanol–water partition coefficient (Wildman–Crippen LogP) is 4.96. The summed E-state index contributed by atoms with van der Waals surface area (Å²) in [4.78, 5) is 41.6. The Labute approximate surface area is 264 Å². The largest absolute Gasteiger partial charge is 0.497 e. The van der Waals surface area contributed by atoms with E-state index in [0.29, 0.717) is 5.75 Å². The maximum atomic E-state index is 14.1. The molecule has 4 unspecified atom stereocenters. The van der Waals surface area contributed by atoms with E-state index in [0.717, 1.165) is 58.4 Å². The van der Waals surface area contributed by atoms with E-state index in [2.05, 4.69) is 16.4 Å². The SMILES string of the molecule is COc1ccc(/C=C2/CCCC3C2=NN(C(=O)CN2N=NC4C(=O)N(c5cccc(F)c5)C(=O)C42)C3c2ccc(OC)cc2)cc1. The van der Waals surface area contributed by atoms with Crippen LogP contribution in [-0.4, -0.2) is 66.3 Å². The Kier molecular flexibility index (Phi) is 7.55. The van der Waals surface area contributed by atoms with Crippen LogP contribution in [-0.2, 0) is 14.4 Å². The molecule has 4 aliphatic rings. The number of halogens is 1. The number of carbonyl (C=O) groups is 3. The second-order valence-electron chi connectivity index (χ2n) is 11.6. The van der Waals surface area contributed by atoms with Crippen molar-refractivity contribution >= 4 is 35.2 Å². The molecule has 3 heterocycles. The van der Waals surface area contributed by atoms with Gasteiger partial charge in [-0.05, 0) is 84.5 Å². The Morgan fingerprint density at radius 3 is 2.37 bits per heavy atom. The molecule has 3 aromatic carbocycles. The minimum Gasteiger partial charge on any atom is -0.497 e. The van der Waals surface area contributed by atoms with E-state index in [1.165, 1.54) is 28.2 Å². The summed E-state index contributed by atoms with van der Waals surface area (Å²) in [7, 11) is 3.23.